The van der Waals surface area contributed by atoms with Gasteiger partial charge in [0.2, 0.25) is 27.7 Å². The van der Waals surface area contributed by atoms with Crippen LogP contribution in [0.15, 0.2) is 83.8 Å². The number of imide groups is 1. The van der Waals surface area contributed by atoms with E-state index >= 15 is 0 Å². The highest BCUT2D eigenvalue weighted by atomic mass is 32.2. The fourth-order valence-corrected chi connectivity index (χ4v) is 6.44. The molecule has 1 saturated heterocycles. The van der Waals surface area contributed by atoms with Gasteiger partial charge in [0, 0.05) is 6.54 Å². The number of sulfonamides is 1. The summed E-state index contributed by atoms with van der Waals surface area (Å²) in [5, 5.41) is 0. The Morgan fingerprint density at radius 1 is 0.872 bits per heavy atom. The fourth-order valence-electron chi connectivity index (χ4n) is 4.48. The largest absolute Gasteiger partial charge is 0.323 e. The van der Waals surface area contributed by atoms with Crippen molar-refractivity contribution < 1.29 is 22.8 Å². The maximum absolute atomic E-state index is 13.7. The van der Waals surface area contributed by atoms with Gasteiger partial charge >= 0.3 is 0 Å². The SMILES string of the molecule is O=C([C@@H](Cc1ccccc1)NS(=O)(=O)c1cccc2nsnc12)N1CC(=O)N(CCc2ccccc2)C(=O)C1. The van der Waals surface area contributed by atoms with Crippen LogP contribution in [0, 0.1) is 0 Å². The summed E-state index contributed by atoms with van der Waals surface area (Å²) in [4.78, 5) is 41.6. The zero-order valence-electron chi connectivity index (χ0n) is 20.8. The molecule has 200 valence electrons. The van der Waals surface area contributed by atoms with Gasteiger partial charge in [-0.15, -0.1) is 0 Å². The predicted octanol–water partition coefficient (Wildman–Crippen LogP) is 2.02. The number of amides is 3. The molecule has 1 aliphatic rings. The summed E-state index contributed by atoms with van der Waals surface area (Å²) in [7, 11) is -4.21. The van der Waals surface area contributed by atoms with E-state index in [9.17, 15) is 22.8 Å². The standard InChI is InChI=1S/C27H25N5O5S2/c33-24-17-31(18-25(34)32(24)15-14-19-8-3-1-4-9-19)27(35)22(16-20-10-5-2-6-11-20)30-39(36,37)23-13-7-12-21-26(23)29-38-28-21/h1-13,22,30H,14-18H2/t22-/m1/s1. The van der Waals surface area contributed by atoms with Gasteiger partial charge in [0.1, 0.15) is 35.1 Å². The Bertz CT molecular complexity index is 1590. The van der Waals surface area contributed by atoms with Gasteiger partial charge in [-0.05, 0) is 36.1 Å². The number of benzene rings is 3. The van der Waals surface area contributed by atoms with Gasteiger partial charge in [0.15, 0.2) is 0 Å². The summed E-state index contributed by atoms with van der Waals surface area (Å²) in [6.07, 6.45) is 0.528. The highest BCUT2D eigenvalue weighted by Gasteiger charge is 2.37. The monoisotopic (exact) mass is 563 g/mol. The van der Waals surface area contributed by atoms with E-state index in [1.54, 1.807) is 36.4 Å². The summed E-state index contributed by atoms with van der Waals surface area (Å²) in [6, 6.07) is 21.8. The molecule has 3 amide bonds. The Kier molecular flexibility index (Phi) is 7.77. The van der Waals surface area contributed by atoms with Crippen LogP contribution in [0.25, 0.3) is 11.0 Å². The highest BCUT2D eigenvalue weighted by Crippen LogP contribution is 2.22. The molecule has 0 radical (unpaired) electrons. The first kappa shape index (κ1) is 26.6. The molecule has 0 unspecified atom stereocenters. The Labute approximate surface area is 229 Å². The third-order valence-electron chi connectivity index (χ3n) is 6.45. The zero-order chi connectivity index (χ0) is 27.4. The van der Waals surface area contributed by atoms with Crippen molar-refractivity contribution >= 4 is 50.5 Å². The second kappa shape index (κ2) is 11.4. The first-order valence-corrected chi connectivity index (χ1v) is 14.5. The van der Waals surface area contributed by atoms with Crippen LogP contribution in [0.5, 0.6) is 0 Å². The lowest BCUT2D eigenvalue weighted by molar-refractivity contribution is -0.157. The molecular weight excluding hydrogens is 538 g/mol. The van der Waals surface area contributed by atoms with Crippen LogP contribution >= 0.6 is 11.7 Å². The van der Waals surface area contributed by atoms with E-state index in [4.69, 9.17) is 0 Å². The molecule has 0 spiro atoms. The normalized spacial score (nSPS) is 15.1. The molecule has 1 aromatic heterocycles. The number of rotatable bonds is 9. The average molecular weight is 564 g/mol. The molecule has 1 atom stereocenters. The lowest BCUT2D eigenvalue weighted by atomic mass is 10.1. The van der Waals surface area contributed by atoms with Crippen molar-refractivity contribution in [3.63, 3.8) is 0 Å². The quantitative estimate of drug-likeness (QED) is 0.309. The molecule has 1 fully saturated rings. The van der Waals surface area contributed by atoms with E-state index in [2.05, 4.69) is 13.5 Å². The smallest absolute Gasteiger partial charge is 0.248 e. The van der Waals surface area contributed by atoms with E-state index in [1.165, 1.54) is 6.07 Å². The van der Waals surface area contributed by atoms with Gasteiger partial charge in [-0.2, -0.15) is 13.5 Å². The lowest BCUT2D eigenvalue weighted by Gasteiger charge is -2.34. The second-order valence-electron chi connectivity index (χ2n) is 9.12. The molecule has 5 rings (SSSR count). The summed E-state index contributed by atoms with van der Waals surface area (Å²) < 4.78 is 37.6. The zero-order valence-corrected chi connectivity index (χ0v) is 22.4. The number of aromatic nitrogens is 2. The van der Waals surface area contributed by atoms with Crippen LogP contribution in [0.1, 0.15) is 11.1 Å². The van der Waals surface area contributed by atoms with Crippen molar-refractivity contribution in [2.45, 2.75) is 23.8 Å². The summed E-state index contributed by atoms with van der Waals surface area (Å²) in [6.45, 7) is -0.439. The van der Waals surface area contributed by atoms with Crippen molar-refractivity contribution in [3.05, 3.63) is 90.0 Å². The third-order valence-corrected chi connectivity index (χ3v) is 8.50. The highest BCUT2D eigenvalue weighted by molar-refractivity contribution is 7.89. The maximum atomic E-state index is 13.7. The Morgan fingerprint density at radius 3 is 2.18 bits per heavy atom. The Hall–Kier alpha value is -4.00. The molecule has 1 N–H and O–H groups in total. The van der Waals surface area contributed by atoms with Crippen LogP contribution in [0.3, 0.4) is 0 Å². The minimum Gasteiger partial charge on any atom is -0.323 e. The van der Waals surface area contributed by atoms with Crippen molar-refractivity contribution in [2.75, 3.05) is 19.6 Å². The molecule has 0 bridgehead atoms. The van der Waals surface area contributed by atoms with Crippen molar-refractivity contribution in [1.29, 1.82) is 0 Å². The minimum absolute atomic E-state index is 0.0286. The van der Waals surface area contributed by atoms with Gasteiger partial charge in [0.25, 0.3) is 0 Å². The van der Waals surface area contributed by atoms with E-state index in [0.29, 0.717) is 17.5 Å². The number of nitrogens with zero attached hydrogens (tertiary/aromatic N) is 4. The molecule has 3 aromatic carbocycles. The molecular formula is C27H25N5O5S2. The van der Waals surface area contributed by atoms with Crippen LogP contribution < -0.4 is 4.72 Å². The first-order valence-electron chi connectivity index (χ1n) is 12.3. The average Bonchev–Trinajstić information content (AvgIpc) is 3.42. The van der Waals surface area contributed by atoms with Crippen LogP contribution in [0.4, 0.5) is 0 Å². The fraction of sp³-hybridized carbons (Fsp3) is 0.222. The van der Waals surface area contributed by atoms with Gasteiger partial charge in [-0.3, -0.25) is 19.3 Å². The summed E-state index contributed by atoms with van der Waals surface area (Å²) >= 11 is 0.890. The molecule has 12 heteroatoms. The third kappa shape index (κ3) is 6.03. The van der Waals surface area contributed by atoms with Gasteiger partial charge in [-0.1, -0.05) is 66.7 Å². The molecule has 0 saturated carbocycles. The first-order chi connectivity index (χ1) is 18.8. The number of hydrogen-bond acceptors (Lipinski definition) is 8. The summed E-state index contributed by atoms with van der Waals surface area (Å²) in [5.74, 6) is -1.67. The van der Waals surface area contributed by atoms with Crippen LogP contribution in [-0.2, 0) is 37.2 Å². The van der Waals surface area contributed by atoms with Gasteiger partial charge < -0.3 is 4.90 Å². The molecule has 4 aromatic rings. The summed E-state index contributed by atoms with van der Waals surface area (Å²) in [5.41, 5.74) is 2.33. The number of hydrogen-bond donors (Lipinski definition) is 1. The molecule has 10 nitrogen and oxygen atoms in total. The topological polar surface area (TPSA) is 130 Å². The van der Waals surface area contributed by atoms with E-state index in [0.717, 1.165) is 27.1 Å². The van der Waals surface area contributed by atoms with Crippen LogP contribution in [0.2, 0.25) is 0 Å². The van der Waals surface area contributed by atoms with E-state index < -0.39 is 33.8 Å². The van der Waals surface area contributed by atoms with Crippen molar-refractivity contribution in [3.8, 4) is 0 Å². The van der Waals surface area contributed by atoms with Gasteiger partial charge in [0.05, 0.1) is 11.7 Å². The van der Waals surface area contributed by atoms with Gasteiger partial charge in [-0.25, -0.2) is 8.42 Å². The number of nitrogens with one attached hydrogen (secondary N) is 1. The van der Waals surface area contributed by atoms with E-state index in [-0.39, 0.29) is 36.5 Å². The molecule has 0 aliphatic carbocycles. The minimum atomic E-state index is -4.21. The molecule has 39 heavy (non-hydrogen) atoms. The Morgan fingerprint density at radius 2 is 1.51 bits per heavy atom. The number of fused-ring (bicyclic) bond motifs is 1. The number of carbonyl (C=O) groups excluding carboxylic acids is 3. The van der Waals surface area contributed by atoms with Crippen molar-refractivity contribution in [1.82, 2.24) is 23.3 Å². The van der Waals surface area contributed by atoms with Crippen LogP contribution in [-0.4, -0.2) is 70.4 Å². The second-order valence-corrected chi connectivity index (χ2v) is 11.3. The maximum Gasteiger partial charge on any atom is 0.248 e. The van der Waals surface area contributed by atoms with Crippen molar-refractivity contribution in [2.24, 2.45) is 0 Å². The molecule has 1 aliphatic heterocycles. The number of piperazine rings is 1. The molecule has 2 heterocycles. The predicted molar refractivity (Wildman–Crippen MR) is 145 cm³/mol. The lowest BCUT2D eigenvalue weighted by Crippen LogP contribution is -2.59. The Balaban J connectivity index is 1.35. The van der Waals surface area contributed by atoms with E-state index in [1.807, 2.05) is 36.4 Å². The number of carbonyl (C=O) groups is 3.